The summed E-state index contributed by atoms with van der Waals surface area (Å²) in [5, 5.41) is 14.2. The number of nitrogens with one attached hydrogen (secondary N) is 1. The number of hydrogen-bond donors (Lipinski definition) is 1. The van der Waals surface area contributed by atoms with Crippen LogP contribution < -0.4 is 10.1 Å². The van der Waals surface area contributed by atoms with Crippen LogP contribution in [0.5, 0.6) is 5.75 Å². The van der Waals surface area contributed by atoms with Gasteiger partial charge in [0, 0.05) is 22.2 Å². The molecule has 0 aliphatic carbocycles. The number of nitro benzene ring substituents is 1. The van der Waals surface area contributed by atoms with Gasteiger partial charge in [-0.2, -0.15) is 0 Å². The molecule has 0 heterocycles. The fourth-order valence-electron chi connectivity index (χ4n) is 1.68. The third-order valence-corrected chi connectivity index (χ3v) is 3.46. The molecule has 9 heteroatoms. The minimum absolute atomic E-state index is 0.0201. The summed E-state index contributed by atoms with van der Waals surface area (Å²) in [6, 6.07) is 8.40. The van der Waals surface area contributed by atoms with Gasteiger partial charge in [-0.3, -0.25) is 14.9 Å². The van der Waals surface area contributed by atoms with Gasteiger partial charge in [-0.15, -0.1) is 0 Å². The summed E-state index contributed by atoms with van der Waals surface area (Å²) in [6.45, 7) is -0.399. The Morgan fingerprint density at radius 3 is 2.48 bits per heavy atom. The van der Waals surface area contributed by atoms with Crippen LogP contribution in [0.1, 0.15) is 0 Å². The van der Waals surface area contributed by atoms with Gasteiger partial charge in [0.25, 0.3) is 11.6 Å². The molecule has 2 aromatic carbocycles. The van der Waals surface area contributed by atoms with Crippen LogP contribution in [0.4, 0.5) is 11.4 Å². The molecule has 0 spiro atoms. The van der Waals surface area contributed by atoms with Crippen LogP contribution in [0.2, 0.25) is 15.1 Å². The minimum Gasteiger partial charge on any atom is -0.482 e. The Bertz CT molecular complexity index is 768. The maximum atomic E-state index is 11.9. The molecular formula is C14H9Cl3N2O4. The number of nitro groups is 1. The number of nitrogens with zero attached hydrogens (tertiary/aromatic N) is 1. The van der Waals surface area contributed by atoms with Crippen molar-refractivity contribution in [3.8, 4) is 5.75 Å². The second-order valence-corrected chi connectivity index (χ2v) is 5.61. The van der Waals surface area contributed by atoms with Crippen LogP contribution in [0.15, 0.2) is 36.4 Å². The predicted octanol–water partition coefficient (Wildman–Crippen LogP) is 4.57. The van der Waals surface area contributed by atoms with Gasteiger partial charge in [-0.1, -0.05) is 34.8 Å². The normalized spacial score (nSPS) is 10.2. The van der Waals surface area contributed by atoms with Crippen molar-refractivity contribution in [1.82, 2.24) is 0 Å². The van der Waals surface area contributed by atoms with E-state index >= 15 is 0 Å². The molecule has 0 aliphatic heterocycles. The fraction of sp³-hybridized carbons (Fsp3) is 0.0714. The fourth-order valence-corrected chi connectivity index (χ4v) is 2.19. The van der Waals surface area contributed by atoms with E-state index < -0.39 is 17.4 Å². The smallest absolute Gasteiger partial charge is 0.292 e. The van der Waals surface area contributed by atoms with E-state index in [9.17, 15) is 14.9 Å². The molecule has 1 amide bonds. The summed E-state index contributed by atoms with van der Waals surface area (Å²) in [6.07, 6.45) is 0. The molecule has 0 saturated heterocycles. The summed E-state index contributed by atoms with van der Waals surface area (Å²) in [4.78, 5) is 22.2. The Morgan fingerprint density at radius 2 is 1.78 bits per heavy atom. The van der Waals surface area contributed by atoms with Gasteiger partial charge in [-0.05, 0) is 24.3 Å². The van der Waals surface area contributed by atoms with Crippen LogP contribution >= 0.6 is 34.8 Å². The quantitative estimate of drug-likeness (QED) is 0.613. The van der Waals surface area contributed by atoms with Crippen molar-refractivity contribution in [3.05, 3.63) is 61.6 Å². The molecule has 0 aliphatic rings. The molecule has 0 atom stereocenters. The monoisotopic (exact) mass is 374 g/mol. The number of halogens is 3. The van der Waals surface area contributed by atoms with E-state index in [2.05, 4.69) is 5.32 Å². The van der Waals surface area contributed by atoms with Crippen LogP contribution in [-0.2, 0) is 4.79 Å². The molecule has 23 heavy (non-hydrogen) atoms. The van der Waals surface area contributed by atoms with E-state index in [4.69, 9.17) is 39.5 Å². The molecule has 1 N–H and O–H groups in total. The number of benzene rings is 2. The van der Waals surface area contributed by atoms with E-state index in [1.807, 2.05) is 0 Å². The summed E-state index contributed by atoms with van der Waals surface area (Å²) in [5.74, 6) is -0.374. The molecule has 0 radical (unpaired) electrons. The van der Waals surface area contributed by atoms with Gasteiger partial charge in [0.15, 0.2) is 6.61 Å². The average molecular weight is 376 g/mol. The van der Waals surface area contributed by atoms with E-state index in [0.717, 1.165) is 0 Å². The highest BCUT2D eigenvalue weighted by Gasteiger charge is 2.16. The largest absolute Gasteiger partial charge is 0.482 e. The number of rotatable bonds is 5. The summed E-state index contributed by atoms with van der Waals surface area (Å²) in [5.41, 5.74) is -0.295. The van der Waals surface area contributed by atoms with Gasteiger partial charge in [0.05, 0.1) is 9.95 Å². The molecule has 0 unspecified atom stereocenters. The number of amides is 1. The van der Waals surface area contributed by atoms with Crippen molar-refractivity contribution in [3.63, 3.8) is 0 Å². The minimum atomic E-state index is -0.624. The molecule has 0 fully saturated rings. The van der Waals surface area contributed by atoms with Crippen LogP contribution in [0.25, 0.3) is 0 Å². The van der Waals surface area contributed by atoms with Crippen molar-refractivity contribution >= 4 is 52.1 Å². The molecule has 120 valence electrons. The standard InChI is InChI=1S/C14H9Cl3N2O4/c15-8-2-4-12(19(21)22)11(5-8)18-14(20)7-23-13-6-9(16)1-3-10(13)17/h1-6H,7H2,(H,18,20). The van der Waals surface area contributed by atoms with Crippen LogP contribution in [0.3, 0.4) is 0 Å². The molecular weight excluding hydrogens is 367 g/mol. The summed E-state index contributed by atoms with van der Waals surface area (Å²) in [7, 11) is 0. The van der Waals surface area contributed by atoms with E-state index in [-0.39, 0.29) is 27.2 Å². The Balaban J connectivity index is 2.07. The van der Waals surface area contributed by atoms with Crippen molar-refractivity contribution < 1.29 is 14.5 Å². The van der Waals surface area contributed by atoms with E-state index in [1.165, 1.54) is 30.3 Å². The average Bonchev–Trinajstić information content (AvgIpc) is 2.48. The Morgan fingerprint density at radius 1 is 1.13 bits per heavy atom. The van der Waals surface area contributed by atoms with E-state index in [0.29, 0.717) is 5.02 Å². The lowest BCUT2D eigenvalue weighted by Gasteiger charge is -2.09. The van der Waals surface area contributed by atoms with Gasteiger partial charge in [0.1, 0.15) is 11.4 Å². The van der Waals surface area contributed by atoms with Gasteiger partial charge in [-0.25, -0.2) is 0 Å². The zero-order valence-corrected chi connectivity index (χ0v) is 13.7. The molecule has 2 aromatic rings. The molecule has 0 bridgehead atoms. The molecule has 0 saturated carbocycles. The first-order valence-corrected chi connectivity index (χ1v) is 7.32. The van der Waals surface area contributed by atoms with Crippen LogP contribution in [0, 0.1) is 10.1 Å². The topological polar surface area (TPSA) is 81.5 Å². The number of carbonyl (C=O) groups excluding carboxylic acids is 1. The Hall–Kier alpha value is -2.02. The molecule has 2 rings (SSSR count). The lowest BCUT2D eigenvalue weighted by molar-refractivity contribution is -0.383. The summed E-state index contributed by atoms with van der Waals surface area (Å²) >= 11 is 17.5. The SMILES string of the molecule is O=C(COc1cc(Cl)ccc1Cl)Nc1cc(Cl)ccc1[N+](=O)[O-]. The van der Waals surface area contributed by atoms with Crippen molar-refractivity contribution in [1.29, 1.82) is 0 Å². The lowest BCUT2D eigenvalue weighted by atomic mass is 10.2. The highest BCUT2D eigenvalue weighted by molar-refractivity contribution is 6.34. The maximum absolute atomic E-state index is 11.9. The molecule has 6 nitrogen and oxygen atoms in total. The van der Waals surface area contributed by atoms with E-state index in [1.54, 1.807) is 6.07 Å². The number of carbonyl (C=O) groups is 1. The zero-order valence-electron chi connectivity index (χ0n) is 11.4. The molecule has 0 aromatic heterocycles. The number of ether oxygens (including phenoxy) is 1. The Labute approximate surface area is 146 Å². The maximum Gasteiger partial charge on any atom is 0.292 e. The number of anilines is 1. The first kappa shape index (κ1) is 17.3. The number of hydrogen-bond acceptors (Lipinski definition) is 4. The second kappa shape index (κ2) is 7.50. The Kier molecular flexibility index (Phi) is 5.65. The predicted molar refractivity (Wildman–Crippen MR) is 88.7 cm³/mol. The second-order valence-electron chi connectivity index (χ2n) is 4.33. The zero-order chi connectivity index (χ0) is 17.0. The van der Waals surface area contributed by atoms with Crippen LogP contribution in [-0.4, -0.2) is 17.4 Å². The highest BCUT2D eigenvalue weighted by atomic mass is 35.5. The van der Waals surface area contributed by atoms with Gasteiger partial charge in [0.2, 0.25) is 0 Å². The van der Waals surface area contributed by atoms with Crippen molar-refractivity contribution in [2.75, 3.05) is 11.9 Å². The van der Waals surface area contributed by atoms with Gasteiger partial charge < -0.3 is 10.1 Å². The first-order chi connectivity index (χ1) is 10.9. The third-order valence-electron chi connectivity index (χ3n) is 2.68. The summed E-state index contributed by atoms with van der Waals surface area (Å²) < 4.78 is 5.25. The third kappa shape index (κ3) is 4.72. The lowest BCUT2D eigenvalue weighted by Crippen LogP contribution is -2.20. The van der Waals surface area contributed by atoms with Gasteiger partial charge >= 0.3 is 0 Å². The highest BCUT2D eigenvalue weighted by Crippen LogP contribution is 2.29. The van der Waals surface area contributed by atoms with Crippen molar-refractivity contribution in [2.24, 2.45) is 0 Å². The first-order valence-electron chi connectivity index (χ1n) is 6.18. The van der Waals surface area contributed by atoms with Crippen molar-refractivity contribution in [2.45, 2.75) is 0 Å².